The summed E-state index contributed by atoms with van der Waals surface area (Å²) in [7, 11) is 1.52. The number of ether oxygens (including phenoxy) is 1. The molecule has 0 atom stereocenters. The lowest BCUT2D eigenvalue weighted by atomic mass is 10.1. The average Bonchev–Trinajstić information content (AvgIpc) is 3.10. The standard InChI is InChI=1S/C22H18FN3O4/c1-29-20-10-14-13-6-2-5-9-18(13)30-19(14)11-17(20)24-12-21(27)26-22(28)25-16-8-4-3-7-15(16)23/h2-11,24H,12H2,1H3,(H2,25,26,27,28). The van der Waals surface area contributed by atoms with Crippen molar-refractivity contribution in [3.8, 4) is 5.75 Å². The molecular formula is C22H18FN3O4. The van der Waals surface area contributed by atoms with Gasteiger partial charge in [0, 0.05) is 16.8 Å². The third kappa shape index (κ3) is 3.88. The van der Waals surface area contributed by atoms with E-state index in [4.69, 9.17) is 9.15 Å². The molecule has 0 bridgehead atoms. The number of furan rings is 1. The number of nitrogens with one attached hydrogen (secondary N) is 3. The number of imide groups is 1. The molecule has 8 heteroatoms. The molecule has 4 aromatic rings. The minimum Gasteiger partial charge on any atom is -0.495 e. The Kier molecular flexibility index (Phi) is 5.21. The number of rotatable bonds is 5. The van der Waals surface area contributed by atoms with Gasteiger partial charge in [0.2, 0.25) is 5.91 Å². The number of urea groups is 1. The van der Waals surface area contributed by atoms with Crippen LogP contribution in [0.3, 0.4) is 0 Å². The second-order valence-corrected chi connectivity index (χ2v) is 6.48. The van der Waals surface area contributed by atoms with Crippen LogP contribution in [0.15, 0.2) is 65.1 Å². The minimum atomic E-state index is -0.827. The first kappa shape index (κ1) is 19.3. The van der Waals surface area contributed by atoms with Crippen LogP contribution in [0.2, 0.25) is 0 Å². The van der Waals surface area contributed by atoms with Crippen molar-refractivity contribution in [2.75, 3.05) is 24.3 Å². The zero-order chi connectivity index (χ0) is 21.1. The summed E-state index contributed by atoms with van der Waals surface area (Å²) in [5, 5.41) is 9.21. The van der Waals surface area contributed by atoms with Gasteiger partial charge in [0.05, 0.1) is 25.0 Å². The van der Waals surface area contributed by atoms with E-state index in [0.29, 0.717) is 17.0 Å². The number of amides is 3. The Hall–Kier alpha value is -4.07. The molecule has 0 saturated heterocycles. The fraction of sp³-hybridized carbons (Fsp3) is 0.0909. The second kappa shape index (κ2) is 8.12. The van der Waals surface area contributed by atoms with Gasteiger partial charge in [-0.1, -0.05) is 30.3 Å². The van der Waals surface area contributed by atoms with Crippen LogP contribution in [-0.4, -0.2) is 25.6 Å². The Labute approximate surface area is 170 Å². The summed E-state index contributed by atoms with van der Waals surface area (Å²) in [5.74, 6) is -0.671. The topological polar surface area (TPSA) is 92.6 Å². The highest BCUT2D eigenvalue weighted by Crippen LogP contribution is 2.36. The van der Waals surface area contributed by atoms with Crippen LogP contribution in [0.5, 0.6) is 5.75 Å². The molecule has 30 heavy (non-hydrogen) atoms. The lowest BCUT2D eigenvalue weighted by Gasteiger charge is -2.12. The van der Waals surface area contributed by atoms with Crippen molar-refractivity contribution in [1.29, 1.82) is 0 Å². The molecule has 0 radical (unpaired) electrons. The van der Waals surface area contributed by atoms with Crippen molar-refractivity contribution in [3.63, 3.8) is 0 Å². The maximum absolute atomic E-state index is 13.6. The fourth-order valence-corrected chi connectivity index (χ4v) is 3.12. The largest absolute Gasteiger partial charge is 0.495 e. The molecule has 0 aliphatic rings. The Balaban J connectivity index is 1.45. The number of carbonyl (C=O) groups is 2. The van der Waals surface area contributed by atoms with E-state index >= 15 is 0 Å². The van der Waals surface area contributed by atoms with E-state index in [-0.39, 0.29) is 12.2 Å². The molecule has 4 rings (SSSR count). The van der Waals surface area contributed by atoms with Crippen LogP contribution >= 0.6 is 0 Å². The lowest BCUT2D eigenvalue weighted by Crippen LogP contribution is -2.38. The fourth-order valence-electron chi connectivity index (χ4n) is 3.12. The van der Waals surface area contributed by atoms with Gasteiger partial charge in [0.15, 0.2) is 0 Å². The Bertz CT molecular complexity index is 1250. The predicted molar refractivity (Wildman–Crippen MR) is 112 cm³/mol. The molecule has 0 spiro atoms. The zero-order valence-corrected chi connectivity index (χ0v) is 16.0. The third-order valence-electron chi connectivity index (χ3n) is 4.51. The third-order valence-corrected chi connectivity index (χ3v) is 4.51. The highest BCUT2D eigenvalue weighted by atomic mass is 19.1. The van der Waals surface area contributed by atoms with E-state index in [1.54, 1.807) is 12.1 Å². The van der Waals surface area contributed by atoms with Crippen molar-refractivity contribution in [1.82, 2.24) is 5.32 Å². The number of hydrogen-bond acceptors (Lipinski definition) is 5. The number of para-hydroxylation sites is 2. The Morgan fingerprint density at radius 3 is 2.53 bits per heavy atom. The molecule has 152 valence electrons. The molecule has 0 saturated carbocycles. The number of fused-ring (bicyclic) bond motifs is 3. The Morgan fingerprint density at radius 1 is 0.967 bits per heavy atom. The van der Waals surface area contributed by atoms with Crippen LogP contribution in [0.4, 0.5) is 20.6 Å². The lowest BCUT2D eigenvalue weighted by molar-refractivity contribution is -0.118. The van der Waals surface area contributed by atoms with Crippen molar-refractivity contribution in [3.05, 3.63) is 66.5 Å². The molecule has 1 heterocycles. The first-order valence-electron chi connectivity index (χ1n) is 9.13. The van der Waals surface area contributed by atoms with Crippen LogP contribution < -0.4 is 20.7 Å². The van der Waals surface area contributed by atoms with Gasteiger partial charge in [-0.3, -0.25) is 10.1 Å². The summed E-state index contributed by atoms with van der Waals surface area (Å²) in [4.78, 5) is 24.0. The summed E-state index contributed by atoms with van der Waals surface area (Å²) in [6, 6.07) is 16.0. The SMILES string of the molecule is COc1cc2c(cc1NCC(=O)NC(=O)Nc1ccccc1F)oc1ccccc12. The molecule has 0 aliphatic heterocycles. The molecule has 0 aliphatic carbocycles. The van der Waals surface area contributed by atoms with Gasteiger partial charge in [-0.15, -0.1) is 0 Å². The molecule has 7 nitrogen and oxygen atoms in total. The quantitative estimate of drug-likeness (QED) is 0.453. The number of benzene rings is 3. The summed E-state index contributed by atoms with van der Waals surface area (Å²) in [6.07, 6.45) is 0. The predicted octanol–water partition coefficient (Wildman–Crippen LogP) is 4.49. The van der Waals surface area contributed by atoms with Gasteiger partial charge >= 0.3 is 6.03 Å². The molecule has 3 amide bonds. The molecule has 3 aromatic carbocycles. The summed E-state index contributed by atoms with van der Waals surface area (Å²) in [6.45, 7) is -0.202. The summed E-state index contributed by atoms with van der Waals surface area (Å²) < 4.78 is 24.8. The van der Waals surface area contributed by atoms with Crippen molar-refractivity contribution in [2.24, 2.45) is 0 Å². The number of carbonyl (C=O) groups excluding carboxylic acids is 2. The number of halogens is 1. The van der Waals surface area contributed by atoms with E-state index in [1.165, 1.54) is 25.3 Å². The van der Waals surface area contributed by atoms with E-state index < -0.39 is 17.8 Å². The molecule has 0 unspecified atom stereocenters. The van der Waals surface area contributed by atoms with Gasteiger partial charge in [0.1, 0.15) is 22.7 Å². The number of hydrogen-bond donors (Lipinski definition) is 3. The summed E-state index contributed by atoms with van der Waals surface area (Å²) in [5.41, 5.74) is 1.90. The van der Waals surface area contributed by atoms with Gasteiger partial charge < -0.3 is 19.8 Å². The molecule has 3 N–H and O–H groups in total. The maximum Gasteiger partial charge on any atom is 0.326 e. The van der Waals surface area contributed by atoms with E-state index in [2.05, 4.69) is 16.0 Å². The van der Waals surface area contributed by atoms with Crippen LogP contribution in [0.25, 0.3) is 21.9 Å². The van der Waals surface area contributed by atoms with Crippen LogP contribution in [0.1, 0.15) is 0 Å². The van der Waals surface area contributed by atoms with E-state index in [1.807, 2.05) is 30.3 Å². The first-order chi connectivity index (χ1) is 14.5. The van der Waals surface area contributed by atoms with Crippen molar-refractivity contribution < 1.29 is 23.1 Å². The van der Waals surface area contributed by atoms with Crippen molar-refractivity contribution >= 4 is 45.3 Å². The van der Waals surface area contributed by atoms with Crippen LogP contribution in [-0.2, 0) is 4.79 Å². The van der Waals surface area contributed by atoms with Crippen molar-refractivity contribution in [2.45, 2.75) is 0 Å². The van der Waals surface area contributed by atoms with Gasteiger partial charge in [-0.05, 0) is 24.3 Å². The zero-order valence-electron chi connectivity index (χ0n) is 16.0. The van der Waals surface area contributed by atoms with E-state index in [9.17, 15) is 14.0 Å². The second-order valence-electron chi connectivity index (χ2n) is 6.48. The molecule has 1 aromatic heterocycles. The monoisotopic (exact) mass is 407 g/mol. The molecule has 0 fully saturated rings. The molecular weight excluding hydrogens is 389 g/mol. The number of anilines is 2. The van der Waals surface area contributed by atoms with Crippen LogP contribution in [0, 0.1) is 5.82 Å². The normalized spacial score (nSPS) is 10.7. The summed E-state index contributed by atoms with van der Waals surface area (Å²) >= 11 is 0. The highest BCUT2D eigenvalue weighted by molar-refractivity contribution is 6.07. The van der Waals surface area contributed by atoms with E-state index in [0.717, 1.165) is 16.4 Å². The van der Waals surface area contributed by atoms with Gasteiger partial charge in [-0.25, -0.2) is 9.18 Å². The van der Waals surface area contributed by atoms with Gasteiger partial charge in [0.25, 0.3) is 0 Å². The minimum absolute atomic E-state index is 0.0206. The first-order valence-corrected chi connectivity index (χ1v) is 9.13. The smallest absolute Gasteiger partial charge is 0.326 e. The maximum atomic E-state index is 13.6. The highest BCUT2D eigenvalue weighted by Gasteiger charge is 2.14. The van der Waals surface area contributed by atoms with Gasteiger partial charge in [-0.2, -0.15) is 0 Å². The number of methoxy groups -OCH3 is 1. The average molecular weight is 407 g/mol. The Morgan fingerprint density at radius 2 is 1.73 bits per heavy atom.